The average Bonchev–Trinajstić information content (AvgIpc) is 2.46. The van der Waals surface area contributed by atoms with Gasteiger partial charge in [-0.1, -0.05) is 39.8 Å². The van der Waals surface area contributed by atoms with Crippen LogP contribution >= 0.6 is 27.7 Å². The Morgan fingerprint density at radius 3 is 2.55 bits per heavy atom. The topological polar surface area (TPSA) is 67.2 Å². The van der Waals surface area contributed by atoms with E-state index in [0.717, 1.165) is 21.4 Å². The molecule has 1 amide bonds. The first-order chi connectivity index (χ1) is 10.5. The van der Waals surface area contributed by atoms with Gasteiger partial charge < -0.3 is 0 Å². The minimum Gasteiger partial charge on any atom is -0.272 e. The number of thioether (sulfide) groups is 1. The fourth-order valence-electron chi connectivity index (χ4n) is 1.65. The highest BCUT2D eigenvalue weighted by atomic mass is 79.9. The van der Waals surface area contributed by atoms with Crippen molar-refractivity contribution in [3.63, 3.8) is 0 Å². The van der Waals surface area contributed by atoms with Crippen molar-refractivity contribution in [3.8, 4) is 0 Å². The van der Waals surface area contributed by atoms with E-state index in [1.54, 1.807) is 6.21 Å². The number of halogens is 1. The summed E-state index contributed by atoms with van der Waals surface area (Å²) in [6, 6.07) is 9.52. The van der Waals surface area contributed by atoms with Gasteiger partial charge in [0, 0.05) is 15.9 Å². The summed E-state index contributed by atoms with van der Waals surface area (Å²) in [4.78, 5) is 20.3. The number of aryl methyl sites for hydroxylation is 2. The van der Waals surface area contributed by atoms with Crippen LogP contribution in [0.15, 0.2) is 45.1 Å². The Bertz CT molecular complexity index is 668. The van der Waals surface area contributed by atoms with Crippen molar-refractivity contribution in [2.75, 3.05) is 5.75 Å². The Balaban J connectivity index is 1.81. The molecule has 1 aromatic heterocycles. The van der Waals surface area contributed by atoms with Crippen molar-refractivity contribution >= 4 is 39.8 Å². The molecule has 0 saturated heterocycles. The summed E-state index contributed by atoms with van der Waals surface area (Å²) in [5, 5.41) is 4.53. The van der Waals surface area contributed by atoms with E-state index in [0.29, 0.717) is 5.16 Å². The smallest absolute Gasteiger partial charge is 0.250 e. The quantitative estimate of drug-likeness (QED) is 0.375. The second-order valence-corrected chi connectivity index (χ2v) is 6.42. The number of nitrogens with zero attached hydrogens (tertiary/aromatic N) is 3. The van der Waals surface area contributed by atoms with E-state index in [2.05, 4.69) is 36.4 Å². The summed E-state index contributed by atoms with van der Waals surface area (Å²) in [5.41, 5.74) is 5.18. The third kappa shape index (κ3) is 5.57. The first-order valence-corrected chi connectivity index (χ1v) is 8.33. The maximum atomic E-state index is 11.7. The zero-order chi connectivity index (χ0) is 15.9. The Morgan fingerprint density at radius 2 is 1.91 bits per heavy atom. The number of carbonyl (C=O) groups excluding carboxylic acids is 1. The van der Waals surface area contributed by atoms with Gasteiger partial charge in [-0.3, -0.25) is 4.79 Å². The average molecular weight is 379 g/mol. The number of hydrazone groups is 1. The molecular formula is C15H15BrN4OS. The number of hydrogen-bond donors (Lipinski definition) is 1. The molecule has 1 N–H and O–H groups in total. The zero-order valence-electron chi connectivity index (χ0n) is 12.2. The summed E-state index contributed by atoms with van der Waals surface area (Å²) in [7, 11) is 0. The summed E-state index contributed by atoms with van der Waals surface area (Å²) in [6.07, 6.45) is 1.60. The van der Waals surface area contributed by atoms with Crippen LogP contribution in [-0.2, 0) is 4.79 Å². The lowest BCUT2D eigenvalue weighted by Gasteiger charge is -2.02. The van der Waals surface area contributed by atoms with E-state index in [1.807, 2.05) is 44.2 Å². The van der Waals surface area contributed by atoms with Gasteiger partial charge in [0.25, 0.3) is 5.91 Å². The van der Waals surface area contributed by atoms with Crippen molar-refractivity contribution in [2.24, 2.45) is 5.10 Å². The fraction of sp³-hybridized carbons (Fsp3) is 0.200. The van der Waals surface area contributed by atoms with Crippen LogP contribution in [0.5, 0.6) is 0 Å². The largest absolute Gasteiger partial charge is 0.272 e. The number of amides is 1. The van der Waals surface area contributed by atoms with E-state index in [-0.39, 0.29) is 11.7 Å². The molecule has 5 nitrogen and oxygen atoms in total. The Labute approximate surface area is 141 Å². The molecule has 114 valence electrons. The standard InChI is InChI=1S/C15H15BrN4OS/c1-10-7-11(2)19-15(18-10)22-9-14(21)20-17-8-12-3-5-13(16)6-4-12/h3-8H,9H2,1-2H3,(H,20,21)/b17-8-. The molecule has 0 bridgehead atoms. The van der Waals surface area contributed by atoms with E-state index in [9.17, 15) is 4.79 Å². The normalized spacial score (nSPS) is 10.9. The van der Waals surface area contributed by atoms with Gasteiger partial charge in [0.2, 0.25) is 0 Å². The lowest BCUT2D eigenvalue weighted by molar-refractivity contribution is -0.118. The van der Waals surface area contributed by atoms with Crippen LogP contribution in [0.25, 0.3) is 0 Å². The number of nitrogens with one attached hydrogen (secondary N) is 1. The fourth-order valence-corrected chi connectivity index (χ4v) is 2.65. The highest BCUT2D eigenvalue weighted by Gasteiger charge is 2.05. The first kappa shape index (κ1) is 16.6. The molecule has 0 aliphatic heterocycles. The second-order valence-electron chi connectivity index (χ2n) is 4.57. The zero-order valence-corrected chi connectivity index (χ0v) is 14.6. The Kier molecular flexibility index (Phi) is 6.09. The predicted molar refractivity (Wildman–Crippen MR) is 92.1 cm³/mol. The van der Waals surface area contributed by atoms with E-state index in [4.69, 9.17) is 0 Å². The summed E-state index contributed by atoms with van der Waals surface area (Å²) in [5.74, 6) is 0.0294. The van der Waals surface area contributed by atoms with Gasteiger partial charge in [-0.05, 0) is 37.6 Å². The number of benzene rings is 1. The lowest BCUT2D eigenvalue weighted by atomic mass is 10.2. The molecule has 2 aromatic rings. The molecule has 22 heavy (non-hydrogen) atoms. The minimum atomic E-state index is -0.193. The van der Waals surface area contributed by atoms with Crippen LogP contribution < -0.4 is 5.43 Å². The summed E-state index contributed by atoms with van der Waals surface area (Å²) < 4.78 is 0.999. The molecule has 1 heterocycles. The third-order valence-corrected chi connectivity index (χ3v) is 3.94. The molecule has 0 aliphatic carbocycles. The number of hydrogen-bond acceptors (Lipinski definition) is 5. The Hall–Kier alpha value is -1.73. The SMILES string of the molecule is Cc1cc(C)nc(SCC(=O)N/N=C\c2ccc(Br)cc2)n1. The van der Waals surface area contributed by atoms with Crippen LogP contribution in [0.4, 0.5) is 0 Å². The molecule has 0 fully saturated rings. The highest BCUT2D eigenvalue weighted by molar-refractivity contribution is 9.10. The van der Waals surface area contributed by atoms with Crippen molar-refractivity contribution in [1.29, 1.82) is 0 Å². The lowest BCUT2D eigenvalue weighted by Crippen LogP contribution is -2.19. The van der Waals surface area contributed by atoms with E-state index in [1.165, 1.54) is 11.8 Å². The monoisotopic (exact) mass is 378 g/mol. The Morgan fingerprint density at radius 1 is 1.27 bits per heavy atom. The van der Waals surface area contributed by atoms with Gasteiger partial charge in [0.15, 0.2) is 5.16 Å². The summed E-state index contributed by atoms with van der Waals surface area (Å²) in [6.45, 7) is 3.81. The van der Waals surface area contributed by atoms with Gasteiger partial charge in [0.05, 0.1) is 12.0 Å². The minimum absolute atomic E-state index is 0.193. The number of rotatable bonds is 5. The summed E-state index contributed by atoms with van der Waals surface area (Å²) >= 11 is 4.65. The molecule has 0 aliphatic rings. The van der Waals surface area contributed by atoms with Crippen molar-refractivity contribution in [3.05, 3.63) is 51.8 Å². The molecular weight excluding hydrogens is 364 g/mol. The van der Waals surface area contributed by atoms with Crippen LogP contribution in [0.2, 0.25) is 0 Å². The first-order valence-electron chi connectivity index (χ1n) is 6.55. The van der Waals surface area contributed by atoms with Gasteiger partial charge in [-0.2, -0.15) is 5.10 Å². The molecule has 0 radical (unpaired) electrons. The molecule has 0 unspecified atom stereocenters. The van der Waals surface area contributed by atoms with Crippen molar-refractivity contribution < 1.29 is 4.79 Å². The van der Waals surface area contributed by atoms with Crippen molar-refractivity contribution in [1.82, 2.24) is 15.4 Å². The molecule has 1 aromatic carbocycles. The molecule has 0 saturated carbocycles. The van der Waals surface area contributed by atoms with Crippen LogP contribution in [0, 0.1) is 13.8 Å². The van der Waals surface area contributed by atoms with Crippen LogP contribution in [0.1, 0.15) is 17.0 Å². The van der Waals surface area contributed by atoms with Gasteiger partial charge in [-0.15, -0.1) is 0 Å². The number of aromatic nitrogens is 2. The third-order valence-electron chi connectivity index (χ3n) is 2.57. The number of carbonyl (C=O) groups is 1. The van der Waals surface area contributed by atoms with Gasteiger partial charge >= 0.3 is 0 Å². The second kappa shape index (κ2) is 8.05. The van der Waals surface area contributed by atoms with E-state index >= 15 is 0 Å². The molecule has 0 spiro atoms. The molecule has 0 atom stereocenters. The van der Waals surface area contributed by atoms with Crippen LogP contribution in [0.3, 0.4) is 0 Å². The predicted octanol–water partition coefficient (Wildman–Crippen LogP) is 3.10. The maximum Gasteiger partial charge on any atom is 0.250 e. The molecule has 7 heteroatoms. The van der Waals surface area contributed by atoms with E-state index < -0.39 is 0 Å². The van der Waals surface area contributed by atoms with Crippen molar-refractivity contribution in [2.45, 2.75) is 19.0 Å². The van der Waals surface area contributed by atoms with Crippen LogP contribution in [-0.4, -0.2) is 27.8 Å². The van der Waals surface area contributed by atoms with Gasteiger partial charge in [0.1, 0.15) is 0 Å². The molecule has 2 rings (SSSR count). The highest BCUT2D eigenvalue weighted by Crippen LogP contribution is 2.13. The maximum absolute atomic E-state index is 11.7. The van der Waals surface area contributed by atoms with Gasteiger partial charge in [-0.25, -0.2) is 15.4 Å².